The molecule has 1 saturated heterocycles. The van der Waals surface area contributed by atoms with Crippen LogP contribution in [0.1, 0.15) is 43.5 Å². The van der Waals surface area contributed by atoms with Gasteiger partial charge in [-0.3, -0.25) is 4.79 Å². The molecule has 32 heavy (non-hydrogen) atoms. The number of benzene rings is 1. The Morgan fingerprint density at radius 1 is 1.25 bits per heavy atom. The first-order valence-electron chi connectivity index (χ1n) is 11.2. The maximum atomic E-state index is 13.6. The summed E-state index contributed by atoms with van der Waals surface area (Å²) >= 11 is 0. The lowest BCUT2D eigenvalue weighted by atomic mass is 9.96. The predicted molar refractivity (Wildman–Crippen MR) is 125 cm³/mol. The number of aromatic amines is 1. The third kappa shape index (κ3) is 3.86. The second-order valence-corrected chi connectivity index (χ2v) is 8.60. The Labute approximate surface area is 186 Å². The van der Waals surface area contributed by atoms with Crippen molar-refractivity contribution in [2.75, 3.05) is 18.5 Å². The smallest absolute Gasteiger partial charge is 0.258 e. The molecule has 3 aromatic heterocycles. The van der Waals surface area contributed by atoms with Gasteiger partial charge in [-0.1, -0.05) is 18.2 Å². The third-order valence-corrected chi connectivity index (χ3v) is 6.50. The van der Waals surface area contributed by atoms with Gasteiger partial charge in [0, 0.05) is 25.5 Å². The highest BCUT2D eigenvalue weighted by Gasteiger charge is 2.20. The fraction of sp³-hybridized carbons (Fsp3) is 0.417. The fourth-order valence-corrected chi connectivity index (χ4v) is 4.68. The highest BCUT2D eigenvalue weighted by molar-refractivity contribution is 5.85. The van der Waals surface area contributed by atoms with Crippen LogP contribution in [0.4, 0.5) is 5.82 Å². The molecule has 0 saturated carbocycles. The van der Waals surface area contributed by atoms with E-state index in [0.717, 1.165) is 60.0 Å². The summed E-state index contributed by atoms with van der Waals surface area (Å²) in [6.45, 7) is 6.39. The van der Waals surface area contributed by atoms with Crippen LogP contribution in [-0.2, 0) is 11.3 Å². The van der Waals surface area contributed by atoms with Crippen molar-refractivity contribution in [1.82, 2.24) is 24.5 Å². The quantitative estimate of drug-likeness (QED) is 0.479. The Balaban J connectivity index is 1.53. The number of ether oxygens (including phenoxy) is 1. The largest absolute Gasteiger partial charge is 0.381 e. The van der Waals surface area contributed by atoms with Crippen molar-refractivity contribution < 1.29 is 4.74 Å². The van der Waals surface area contributed by atoms with Gasteiger partial charge in [0.05, 0.1) is 17.8 Å². The number of fused-ring (bicyclic) bond motifs is 2. The van der Waals surface area contributed by atoms with Crippen LogP contribution in [0.25, 0.3) is 21.9 Å². The zero-order valence-corrected chi connectivity index (χ0v) is 18.5. The van der Waals surface area contributed by atoms with Crippen LogP contribution < -0.4 is 10.9 Å². The summed E-state index contributed by atoms with van der Waals surface area (Å²) in [6, 6.07) is 8.02. The molecule has 0 radical (unpaired) electrons. The molecule has 1 aromatic carbocycles. The van der Waals surface area contributed by atoms with Gasteiger partial charge in [0.1, 0.15) is 11.8 Å². The zero-order chi connectivity index (χ0) is 22.1. The highest BCUT2D eigenvalue weighted by atomic mass is 16.5. The topological polar surface area (TPSA) is 97.7 Å². The van der Waals surface area contributed by atoms with Gasteiger partial charge in [-0.2, -0.15) is 0 Å². The van der Waals surface area contributed by atoms with E-state index in [0.29, 0.717) is 23.9 Å². The maximum Gasteiger partial charge on any atom is 0.258 e. The van der Waals surface area contributed by atoms with E-state index in [2.05, 4.69) is 38.2 Å². The van der Waals surface area contributed by atoms with Gasteiger partial charge in [-0.15, -0.1) is 0 Å². The number of hydrogen-bond acceptors (Lipinski definition) is 6. The Kier molecular flexibility index (Phi) is 5.61. The van der Waals surface area contributed by atoms with Crippen LogP contribution in [-0.4, -0.2) is 37.7 Å². The van der Waals surface area contributed by atoms with E-state index < -0.39 is 0 Å². The lowest BCUT2D eigenvalue weighted by molar-refractivity contribution is 0.0624. The fourth-order valence-electron chi connectivity index (χ4n) is 4.68. The zero-order valence-electron chi connectivity index (χ0n) is 18.5. The minimum atomic E-state index is -0.135. The highest BCUT2D eigenvalue weighted by Crippen LogP contribution is 2.26. The number of nitrogens with one attached hydrogen (secondary N) is 2. The summed E-state index contributed by atoms with van der Waals surface area (Å²) in [6.07, 6.45) is 6.20. The minimum absolute atomic E-state index is 0.0747. The maximum absolute atomic E-state index is 13.6. The van der Waals surface area contributed by atoms with E-state index in [-0.39, 0.29) is 11.6 Å². The van der Waals surface area contributed by atoms with Crippen LogP contribution in [0.2, 0.25) is 0 Å². The molecule has 2 N–H and O–H groups in total. The number of H-pyrrole nitrogens is 1. The molecule has 0 amide bonds. The summed E-state index contributed by atoms with van der Waals surface area (Å²) in [4.78, 5) is 29.5. The molecule has 8 heteroatoms. The summed E-state index contributed by atoms with van der Waals surface area (Å²) < 4.78 is 7.46. The number of imidazole rings is 1. The van der Waals surface area contributed by atoms with Crippen molar-refractivity contribution in [2.24, 2.45) is 5.92 Å². The van der Waals surface area contributed by atoms with E-state index in [1.807, 2.05) is 29.7 Å². The molecule has 0 bridgehead atoms. The minimum Gasteiger partial charge on any atom is -0.381 e. The van der Waals surface area contributed by atoms with Gasteiger partial charge in [0.2, 0.25) is 0 Å². The van der Waals surface area contributed by atoms with Crippen molar-refractivity contribution in [3.8, 4) is 0 Å². The molecular weight excluding hydrogens is 404 g/mol. The van der Waals surface area contributed by atoms with Crippen molar-refractivity contribution in [2.45, 2.75) is 45.7 Å². The van der Waals surface area contributed by atoms with Gasteiger partial charge in [-0.25, -0.2) is 15.0 Å². The summed E-state index contributed by atoms with van der Waals surface area (Å²) in [5.41, 5.74) is 3.40. The molecule has 8 nitrogen and oxygen atoms in total. The van der Waals surface area contributed by atoms with Crippen molar-refractivity contribution in [3.63, 3.8) is 0 Å². The predicted octanol–water partition coefficient (Wildman–Crippen LogP) is 3.97. The molecule has 4 heterocycles. The second-order valence-electron chi connectivity index (χ2n) is 8.60. The van der Waals surface area contributed by atoms with Crippen LogP contribution in [0.3, 0.4) is 0 Å². The molecule has 5 rings (SSSR count). The summed E-state index contributed by atoms with van der Waals surface area (Å²) in [5, 5.41) is 5.24. The molecule has 1 atom stereocenters. The van der Waals surface area contributed by atoms with Crippen molar-refractivity contribution >= 4 is 27.8 Å². The number of anilines is 1. The van der Waals surface area contributed by atoms with Crippen LogP contribution in [0, 0.1) is 12.8 Å². The first-order valence-corrected chi connectivity index (χ1v) is 11.2. The molecule has 1 fully saturated rings. The Hall–Kier alpha value is -3.26. The molecular formula is C24H28N6O2. The molecule has 4 aromatic rings. The van der Waals surface area contributed by atoms with Crippen molar-refractivity contribution in [3.05, 3.63) is 58.5 Å². The molecule has 1 aliphatic rings. The van der Waals surface area contributed by atoms with E-state index >= 15 is 0 Å². The molecule has 1 unspecified atom stereocenters. The normalized spacial score (nSPS) is 15.9. The number of hydrogen-bond donors (Lipinski definition) is 2. The van der Waals surface area contributed by atoms with E-state index in [1.165, 1.54) is 6.33 Å². The van der Waals surface area contributed by atoms with Gasteiger partial charge >= 0.3 is 0 Å². The van der Waals surface area contributed by atoms with Gasteiger partial charge in [-0.05, 0) is 56.0 Å². The first kappa shape index (κ1) is 20.6. The molecule has 1 aliphatic heterocycles. The van der Waals surface area contributed by atoms with Crippen molar-refractivity contribution in [1.29, 1.82) is 0 Å². The van der Waals surface area contributed by atoms with E-state index in [9.17, 15) is 4.79 Å². The average molecular weight is 433 g/mol. The Bertz CT molecular complexity index is 1310. The van der Waals surface area contributed by atoms with Gasteiger partial charge in [0.15, 0.2) is 11.5 Å². The molecule has 0 aliphatic carbocycles. The van der Waals surface area contributed by atoms with E-state index in [1.54, 1.807) is 6.33 Å². The number of pyridine rings is 1. The standard InChI is InChI=1S/C24H28N6O2/c1-15-4-3-5-18-12-19(16(2)29-23-21-22(26-13-25-21)27-14-28-23)30(24(31)20(15)18)9-6-17-7-10-32-11-8-17/h3-5,12-14,16-17H,6-11H2,1-2H3,(H2,25,26,27,28,29). The number of nitrogens with zero attached hydrogens (tertiary/aromatic N) is 4. The number of aromatic nitrogens is 5. The van der Waals surface area contributed by atoms with Crippen LogP contribution in [0.5, 0.6) is 0 Å². The summed E-state index contributed by atoms with van der Waals surface area (Å²) in [5.74, 6) is 1.26. The van der Waals surface area contributed by atoms with Crippen LogP contribution in [0.15, 0.2) is 41.7 Å². The van der Waals surface area contributed by atoms with Crippen LogP contribution >= 0.6 is 0 Å². The third-order valence-electron chi connectivity index (χ3n) is 6.50. The van der Waals surface area contributed by atoms with E-state index in [4.69, 9.17) is 4.74 Å². The van der Waals surface area contributed by atoms with Gasteiger partial charge < -0.3 is 19.6 Å². The number of rotatable bonds is 6. The lowest BCUT2D eigenvalue weighted by Crippen LogP contribution is -2.29. The SMILES string of the molecule is Cc1cccc2cc(C(C)Nc3ncnc4nc[nH]c34)n(CCC3CCOCC3)c(=O)c12. The average Bonchev–Trinajstić information content (AvgIpc) is 3.29. The van der Waals surface area contributed by atoms with Gasteiger partial charge in [0.25, 0.3) is 5.56 Å². The monoisotopic (exact) mass is 432 g/mol. The molecule has 166 valence electrons. The first-order chi connectivity index (χ1) is 15.6. The summed E-state index contributed by atoms with van der Waals surface area (Å²) in [7, 11) is 0. The Morgan fingerprint density at radius 3 is 2.94 bits per heavy atom. The Morgan fingerprint density at radius 2 is 2.09 bits per heavy atom. The lowest BCUT2D eigenvalue weighted by Gasteiger charge is -2.25. The second kappa shape index (κ2) is 8.70. The molecule has 0 spiro atoms. The number of aryl methyl sites for hydroxylation is 1.